The maximum atomic E-state index is 13.2. The number of aromatic nitrogens is 1. The van der Waals surface area contributed by atoms with Crippen molar-refractivity contribution in [2.45, 2.75) is 19.8 Å². The third kappa shape index (κ3) is 5.07. The molecule has 1 atom stereocenters. The molecular formula is C22H22N4O4S. The van der Waals surface area contributed by atoms with Crippen LogP contribution in [-0.4, -0.2) is 29.8 Å². The van der Waals surface area contributed by atoms with Crippen LogP contribution in [0.3, 0.4) is 0 Å². The molecule has 3 amide bonds. The number of hydrogen-bond acceptors (Lipinski definition) is 6. The van der Waals surface area contributed by atoms with E-state index >= 15 is 0 Å². The number of aryl methyl sites for hydroxylation is 1. The number of hydrogen-bond donors (Lipinski definition) is 3. The highest BCUT2D eigenvalue weighted by molar-refractivity contribution is 7.15. The summed E-state index contributed by atoms with van der Waals surface area (Å²) < 4.78 is 5.30. The molecule has 4 N–H and O–H groups in total. The number of nitrogens with one attached hydrogen (secondary N) is 2. The van der Waals surface area contributed by atoms with Crippen LogP contribution in [0.25, 0.3) is 0 Å². The average Bonchev–Trinajstić information content (AvgIpc) is 3.21. The summed E-state index contributed by atoms with van der Waals surface area (Å²) in [6.07, 6.45) is 1.50. The van der Waals surface area contributed by atoms with Crippen molar-refractivity contribution < 1.29 is 19.1 Å². The van der Waals surface area contributed by atoms with Gasteiger partial charge in [-0.15, -0.1) is 11.3 Å². The lowest BCUT2D eigenvalue weighted by molar-refractivity contribution is -0.119. The Labute approximate surface area is 183 Å². The molecular weight excluding hydrogens is 416 g/mol. The summed E-state index contributed by atoms with van der Waals surface area (Å²) in [5.74, 6) is -0.802. The Morgan fingerprint density at radius 3 is 2.55 bits per heavy atom. The van der Waals surface area contributed by atoms with E-state index < -0.39 is 17.9 Å². The largest absolute Gasteiger partial charge is 0.496 e. The number of urea groups is 1. The quantitative estimate of drug-likeness (QED) is 0.482. The third-order valence-electron chi connectivity index (χ3n) is 4.62. The summed E-state index contributed by atoms with van der Waals surface area (Å²) in [4.78, 5) is 41.8. The molecule has 9 heteroatoms. The van der Waals surface area contributed by atoms with Crippen molar-refractivity contribution >= 4 is 39.9 Å². The standard InChI is InChI=1S/C22H22N4O4S/c1-12-8-9-16(15(10-12)19(27)14-6-4-5-7-17(14)30-3)25-21(29)26-22-24-11-18(31-22)13(2)20(23)28/h4-11,13H,1-3H3,(H2,23,28)(H2,24,25,26,29). The molecule has 0 aliphatic carbocycles. The SMILES string of the molecule is COc1ccccc1C(=O)c1cc(C)ccc1NC(=O)Nc1ncc(C(C)C(N)=O)s1. The van der Waals surface area contributed by atoms with E-state index in [1.807, 2.05) is 6.92 Å². The van der Waals surface area contributed by atoms with Crippen molar-refractivity contribution in [3.63, 3.8) is 0 Å². The van der Waals surface area contributed by atoms with Crippen molar-refractivity contribution in [3.05, 3.63) is 70.2 Å². The predicted octanol–water partition coefficient (Wildman–Crippen LogP) is 3.92. The van der Waals surface area contributed by atoms with Crippen molar-refractivity contribution in [1.29, 1.82) is 0 Å². The molecule has 1 unspecified atom stereocenters. The summed E-state index contributed by atoms with van der Waals surface area (Å²) in [6, 6.07) is 11.5. The van der Waals surface area contributed by atoms with Gasteiger partial charge in [-0.3, -0.25) is 14.9 Å². The number of amides is 3. The highest BCUT2D eigenvalue weighted by atomic mass is 32.1. The number of carbonyl (C=O) groups excluding carboxylic acids is 3. The van der Waals surface area contributed by atoms with Crippen LogP contribution >= 0.6 is 11.3 Å². The van der Waals surface area contributed by atoms with Crippen LogP contribution < -0.4 is 21.1 Å². The number of carbonyl (C=O) groups is 3. The number of benzene rings is 2. The maximum absolute atomic E-state index is 13.2. The first-order valence-corrected chi connectivity index (χ1v) is 10.2. The first-order chi connectivity index (χ1) is 14.8. The summed E-state index contributed by atoms with van der Waals surface area (Å²) in [6.45, 7) is 3.53. The number of rotatable bonds is 7. The number of anilines is 2. The van der Waals surface area contributed by atoms with E-state index in [0.29, 0.717) is 32.6 Å². The van der Waals surface area contributed by atoms with Crippen molar-refractivity contribution in [1.82, 2.24) is 4.98 Å². The Morgan fingerprint density at radius 1 is 1.10 bits per heavy atom. The predicted molar refractivity (Wildman–Crippen MR) is 120 cm³/mol. The van der Waals surface area contributed by atoms with Gasteiger partial charge in [0.25, 0.3) is 0 Å². The van der Waals surface area contributed by atoms with Gasteiger partial charge in [-0.1, -0.05) is 23.8 Å². The normalized spacial score (nSPS) is 11.5. The van der Waals surface area contributed by atoms with Crippen LogP contribution in [-0.2, 0) is 4.79 Å². The highest BCUT2D eigenvalue weighted by Crippen LogP contribution is 2.28. The number of ketones is 1. The van der Waals surface area contributed by atoms with Gasteiger partial charge < -0.3 is 15.8 Å². The number of thiazole rings is 1. The summed E-state index contributed by atoms with van der Waals surface area (Å²) >= 11 is 1.16. The lowest BCUT2D eigenvalue weighted by Gasteiger charge is -2.13. The fourth-order valence-corrected chi connectivity index (χ4v) is 3.74. The second-order valence-corrected chi connectivity index (χ2v) is 7.91. The van der Waals surface area contributed by atoms with Crippen LogP contribution in [0, 0.1) is 6.92 Å². The molecule has 2 aromatic carbocycles. The minimum Gasteiger partial charge on any atom is -0.496 e. The van der Waals surface area contributed by atoms with E-state index in [9.17, 15) is 14.4 Å². The van der Waals surface area contributed by atoms with Gasteiger partial charge in [-0.05, 0) is 38.1 Å². The molecule has 160 valence electrons. The van der Waals surface area contributed by atoms with Gasteiger partial charge in [0.15, 0.2) is 10.9 Å². The van der Waals surface area contributed by atoms with Crippen LogP contribution in [0.5, 0.6) is 5.75 Å². The van der Waals surface area contributed by atoms with E-state index in [-0.39, 0.29) is 5.78 Å². The molecule has 0 bridgehead atoms. The van der Waals surface area contributed by atoms with Gasteiger partial charge >= 0.3 is 6.03 Å². The molecule has 1 aromatic heterocycles. The smallest absolute Gasteiger partial charge is 0.325 e. The maximum Gasteiger partial charge on any atom is 0.325 e. The molecule has 0 saturated carbocycles. The van der Waals surface area contributed by atoms with Crippen LogP contribution in [0.1, 0.15) is 39.2 Å². The van der Waals surface area contributed by atoms with Gasteiger partial charge in [-0.2, -0.15) is 0 Å². The topological polar surface area (TPSA) is 123 Å². The molecule has 3 rings (SSSR count). The number of ether oxygens (including phenoxy) is 1. The fraction of sp³-hybridized carbons (Fsp3) is 0.182. The van der Waals surface area contributed by atoms with Gasteiger partial charge in [0, 0.05) is 16.6 Å². The first-order valence-electron chi connectivity index (χ1n) is 9.41. The molecule has 0 radical (unpaired) electrons. The molecule has 8 nitrogen and oxygen atoms in total. The van der Waals surface area contributed by atoms with Gasteiger partial charge in [0.1, 0.15) is 5.75 Å². The Balaban J connectivity index is 1.82. The first kappa shape index (κ1) is 22.0. The number of primary amides is 1. The molecule has 3 aromatic rings. The van der Waals surface area contributed by atoms with E-state index in [2.05, 4.69) is 15.6 Å². The number of para-hydroxylation sites is 1. The Bertz CT molecular complexity index is 1140. The monoisotopic (exact) mass is 438 g/mol. The Morgan fingerprint density at radius 2 is 1.84 bits per heavy atom. The lowest BCUT2D eigenvalue weighted by atomic mass is 9.99. The van der Waals surface area contributed by atoms with Crippen LogP contribution in [0.15, 0.2) is 48.7 Å². The van der Waals surface area contributed by atoms with Crippen molar-refractivity contribution in [2.75, 3.05) is 17.7 Å². The molecule has 0 aliphatic rings. The summed E-state index contributed by atoms with van der Waals surface area (Å²) in [5, 5.41) is 5.63. The average molecular weight is 439 g/mol. The van der Waals surface area contributed by atoms with Crippen LogP contribution in [0.2, 0.25) is 0 Å². The second kappa shape index (κ2) is 9.40. The summed E-state index contributed by atoms with van der Waals surface area (Å²) in [7, 11) is 1.50. The van der Waals surface area contributed by atoms with E-state index in [1.165, 1.54) is 13.3 Å². The molecule has 31 heavy (non-hydrogen) atoms. The Kier molecular flexibility index (Phi) is 6.66. The molecule has 0 spiro atoms. The van der Waals surface area contributed by atoms with E-state index in [0.717, 1.165) is 16.9 Å². The minimum absolute atomic E-state index is 0.275. The highest BCUT2D eigenvalue weighted by Gasteiger charge is 2.20. The van der Waals surface area contributed by atoms with Crippen LogP contribution in [0.4, 0.5) is 15.6 Å². The van der Waals surface area contributed by atoms with Crippen molar-refractivity contribution in [3.8, 4) is 5.75 Å². The summed E-state index contributed by atoms with van der Waals surface area (Å²) in [5.41, 5.74) is 7.25. The Hall–Kier alpha value is -3.72. The fourth-order valence-electron chi connectivity index (χ4n) is 2.87. The number of nitrogens with two attached hydrogens (primary N) is 1. The number of methoxy groups -OCH3 is 1. The molecule has 0 saturated heterocycles. The van der Waals surface area contributed by atoms with Gasteiger partial charge in [0.2, 0.25) is 5.91 Å². The zero-order chi connectivity index (χ0) is 22.5. The third-order valence-corrected chi connectivity index (χ3v) is 5.71. The van der Waals surface area contributed by atoms with E-state index in [4.69, 9.17) is 10.5 Å². The number of nitrogens with zero attached hydrogens (tertiary/aromatic N) is 1. The molecule has 1 heterocycles. The molecule has 0 fully saturated rings. The van der Waals surface area contributed by atoms with E-state index in [1.54, 1.807) is 49.4 Å². The zero-order valence-electron chi connectivity index (χ0n) is 17.3. The second-order valence-electron chi connectivity index (χ2n) is 6.85. The zero-order valence-corrected chi connectivity index (χ0v) is 18.1. The lowest BCUT2D eigenvalue weighted by Crippen LogP contribution is -2.21. The van der Waals surface area contributed by atoms with Crippen molar-refractivity contribution in [2.24, 2.45) is 5.73 Å². The minimum atomic E-state index is -0.564. The van der Waals surface area contributed by atoms with Gasteiger partial charge in [-0.25, -0.2) is 9.78 Å². The molecule has 0 aliphatic heterocycles. The van der Waals surface area contributed by atoms with Gasteiger partial charge in [0.05, 0.1) is 24.3 Å².